The van der Waals surface area contributed by atoms with Crippen LogP contribution in [0.5, 0.6) is 0 Å². The van der Waals surface area contributed by atoms with Crippen LogP contribution in [-0.4, -0.2) is 4.98 Å². The van der Waals surface area contributed by atoms with E-state index in [2.05, 4.69) is 25.8 Å². The molecule has 0 fully saturated rings. The summed E-state index contributed by atoms with van der Waals surface area (Å²) in [5, 5.41) is 0. The molecule has 0 saturated heterocycles. The van der Waals surface area contributed by atoms with Crippen LogP contribution in [0.3, 0.4) is 0 Å². The maximum absolute atomic E-state index is 12.6. The maximum atomic E-state index is 12.6. The van der Waals surface area contributed by atoms with Gasteiger partial charge in [0.1, 0.15) is 5.82 Å². The Morgan fingerprint density at radius 2 is 2.07 bits per heavy atom. The maximum Gasteiger partial charge on any atom is 0.141 e. The van der Waals surface area contributed by atoms with E-state index in [9.17, 15) is 4.39 Å². The third-order valence-electron chi connectivity index (χ3n) is 2.34. The first-order valence-corrected chi connectivity index (χ1v) is 5.25. The van der Waals surface area contributed by atoms with Gasteiger partial charge in [0.05, 0.1) is 11.9 Å². The number of hydrogen-bond donors (Lipinski definition) is 1. The first-order valence-electron chi connectivity index (χ1n) is 5.25. The van der Waals surface area contributed by atoms with Crippen LogP contribution in [0.1, 0.15) is 45.3 Å². The van der Waals surface area contributed by atoms with Crippen molar-refractivity contribution in [2.45, 2.75) is 39.7 Å². The summed E-state index contributed by atoms with van der Waals surface area (Å²) in [6.07, 6.45) is 3.13. The normalized spacial score (nSPS) is 13.9. The fourth-order valence-electron chi connectivity index (χ4n) is 1.34. The van der Waals surface area contributed by atoms with E-state index < -0.39 is 0 Å². The minimum atomic E-state index is -0.318. The number of halogens is 1. The zero-order valence-corrected chi connectivity index (χ0v) is 9.63. The van der Waals surface area contributed by atoms with Crippen molar-refractivity contribution in [1.29, 1.82) is 0 Å². The molecule has 1 aromatic heterocycles. The summed E-state index contributed by atoms with van der Waals surface area (Å²) < 4.78 is 12.6. The summed E-state index contributed by atoms with van der Waals surface area (Å²) in [4.78, 5) is 3.98. The van der Waals surface area contributed by atoms with Crippen molar-refractivity contribution in [2.24, 2.45) is 11.1 Å². The number of hydrogen-bond acceptors (Lipinski definition) is 2. The Kier molecular flexibility index (Phi) is 3.80. The molecule has 15 heavy (non-hydrogen) atoms. The quantitative estimate of drug-likeness (QED) is 0.832. The summed E-state index contributed by atoms with van der Waals surface area (Å²) in [6, 6.07) is 2.96. The first-order chi connectivity index (χ1) is 6.88. The molecule has 1 unspecified atom stereocenters. The van der Waals surface area contributed by atoms with Gasteiger partial charge in [0.2, 0.25) is 0 Å². The zero-order chi connectivity index (χ0) is 11.5. The second kappa shape index (κ2) is 4.71. The molecule has 0 amide bonds. The van der Waals surface area contributed by atoms with Crippen molar-refractivity contribution in [3.05, 3.63) is 29.8 Å². The number of nitrogens with zero attached hydrogens (tertiary/aromatic N) is 1. The van der Waals surface area contributed by atoms with Crippen LogP contribution in [0.15, 0.2) is 18.3 Å². The fraction of sp³-hybridized carbons (Fsp3) is 0.583. The lowest BCUT2D eigenvalue weighted by molar-refractivity contribution is 0.348. The second-order valence-corrected chi connectivity index (χ2v) is 5.11. The van der Waals surface area contributed by atoms with Gasteiger partial charge in [-0.05, 0) is 30.4 Å². The molecule has 0 bridgehead atoms. The second-order valence-electron chi connectivity index (χ2n) is 5.11. The highest BCUT2D eigenvalue weighted by molar-refractivity contribution is 5.09. The molecule has 2 N–H and O–H groups in total. The van der Waals surface area contributed by atoms with Crippen LogP contribution in [-0.2, 0) is 0 Å². The molecule has 1 aromatic rings. The first kappa shape index (κ1) is 12.1. The Morgan fingerprint density at radius 1 is 1.40 bits per heavy atom. The largest absolute Gasteiger partial charge is 0.323 e. The van der Waals surface area contributed by atoms with E-state index in [1.54, 1.807) is 6.07 Å². The summed E-state index contributed by atoms with van der Waals surface area (Å²) in [6.45, 7) is 6.54. The van der Waals surface area contributed by atoms with Crippen molar-refractivity contribution < 1.29 is 4.39 Å². The molecule has 1 atom stereocenters. The van der Waals surface area contributed by atoms with Gasteiger partial charge < -0.3 is 5.73 Å². The summed E-state index contributed by atoms with van der Waals surface area (Å²) in [7, 11) is 0. The molecule has 1 heterocycles. The molecule has 0 radical (unpaired) electrons. The summed E-state index contributed by atoms with van der Waals surface area (Å²) in [5.74, 6) is -0.318. The van der Waals surface area contributed by atoms with Crippen molar-refractivity contribution in [3.63, 3.8) is 0 Å². The molecule has 0 aromatic carbocycles. The van der Waals surface area contributed by atoms with Crippen LogP contribution < -0.4 is 5.73 Å². The smallest absolute Gasteiger partial charge is 0.141 e. The molecule has 2 nitrogen and oxygen atoms in total. The van der Waals surface area contributed by atoms with Crippen LogP contribution in [0.4, 0.5) is 4.39 Å². The average molecular weight is 210 g/mol. The van der Waals surface area contributed by atoms with Gasteiger partial charge in [-0.15, -0.1) is 0 Å². The van der Waals surface area contributed by atoms with Crippen LogP contribution in [0.2, 0.25) is 0 Å². The molecule has 0 spiro atoms. The van der Waals surface area contributed by atoms with E-state index in [4.69, 9.17) is 5.73 Å². The van der Waals surface area contributed by atoms with Crippen molar-refractivity contribution >= 4 is 0 Å². The zero-order valence-electron chi connectivity index (χ0n) is 9.63. The van der Waals surface area contributed by atoms with E-state index in [1.807, 2.05) is 0 Å². The van der Waals surface area contributed by atoms with Gasteiger partial charge in [-0.1, -0.05) is 20.8 Å². The van der Waals surface area contributed by atoms with Crippen molar-refractivity contribution in [2.75, 3.05) is 0 Å². The summed E-state index contributed by atoms with van der Waals surface area (Å²) >= 11 is 0. The van der Waals surface area contributed by atoms with Gasteiger partial charge in [-0.2, -0.15) is 0 Å². The number of nitrogens with two attached hydrogens (primary N) is 1. The monoisotopic (exact) mass is 210 g/mol. The summed E-state index contributed by atoms with van der Waals surface area (Å²) in [5.41, 5.74) is 7.01. The number of aromatic nitrogens is 1. The Balaban J connectivity index is 2.54. The van der Waals surface area contributed by atoms with E-state index in [1.165, 1.54) is 12.3 Å². The van der Waals surface area contributed by atoms with Crippen LogP contribution in [0, 0.1) is 11.2 Å². The molecular formula is C12H19FN2. The van der Waals surface area contributed by atoms with Gasteiger partial charge in [0, 0.05) is 6.04 Å². The molecule has 0 saturated carbocycles. The molecule has 1 rings (SSSR count). The van der Waals surface area contributed by atoms with Crippen LogP contribution >= 0.6 is 0 Å². The molecule has 0 aliphatic heterocycles. The van der Waals surface area contributed by atoms with Crippen LogP contribution in [0.25, 0.3) is 0 Å². The lowest BCUT2D eigenvalue weighted by Crippen LogP contribution is -2.15. The van der Waals surface area contributed by atoms with Crippen molar-refractivity contribution in [1.82, 2.24) is 4.98 Å². The Hall–Kier alpha value is -0.960. The molecule has 84 valence electrons. The Labute approximate surface area is 90.7 Å². The fourth-order valence-corrected chi connectivity index (χ4v) is 1.34. The lowest BCUT2D eigenvalue weighted by atomic mass is 9.88. The van der Waals surface area contributed by atoms with Gasteiger partial charge in [0.15, 0.2) is 0 Å². The molecule has 0 aliphatic rings. The predicted octanol–water partition coefficient (Wildman–Crippen LogP) is 3.05. The highest BCUT2D eigenvalue weighted by Crippen LogP contribution is 2.25. The lowest BCUT2D eigenvalue weighted by Gasteiger charge is -2.20. The molecular weight excluding hydrogens is 191 g/mol. The SMILES string of the molecule is CC(C)(C)CCC(N)c1ccc(F)cn1. The third kappa shape index (κ3) is 4.38. The van der Waals surface area contributed by atoms with Crippen molar-refractivity contribution in [3.8, 4) is 0 Å². The number of pyridine rings is 1. The standard InChI is InChI=1S/C12H19FN2/c1-12(2,3)7-6-10(14)11-5-4-9(13)8-15-11/h4-5,8,10H,6-7,14H2,1-3H3. The third-order valence-corrected chi connectivity index (χ3v) is 2.34. The van der Waals surface area contributed by atoms with E-state index in [0.29, 0.717) is 0 Å². The van der Waals surface area contributed by atoms with E-state index in [0.717, 1.165) is 18.5 Å². The Bertz CT molecular complexity index is 300. The van der Waals surface area contributed by atoms with Gasteiger partial charge in [-0.25, -0.2) is 4.39 Å². The highest BCUT2D eigenvalue weighted by atomic mass is 19.1. The van der Waals surface area contributed by atoms with Gasteiger partial charge >= 0.3 is 0 Å². The van der Waals surface area contributed by atoms with E-state index >= 15 is 0 Å². The minimum Gasteiger partial charge on any atom is -0.323 e. The van der Waals surface area contributed by atoms with E-state index in [-0.39, 0.29) is 17.3 Å². The Morgan fingerprint density at radius 3 is 2.53 bits per heavy atom. The number of rotatable bonds is 3. The highest BCUT2D eigenvalue weighted by Gasteiger charge is 2.14. The topological polar surface area (TPSA) is 38.9 Å². The average Bonchev–Trinajstić information content (AvgIpc) is 2.14. The van der Waals surface area contributed by atoms with Gasteiger partial charge in [-0.3, -0.25) is 4.98 Å². The minimum absolute atomic E-state index is 0.0928. The van der Waals surface area contributed by atoms with Gasteiger partial charge in [0.25, 0.3) is 0 Å². The molecule has 0 aliphatic carbocycles. The predicted molar refractivity (Wildman–Crippen MR) is 59.8 cm³/mol. The molecule has 3 heteroatoms.